The Kier molecular flexibility index (Phi) is 5.27. The van der Waals surface area contributed by atoms with Gasteiger partial charge < -0.3 is 14.5 Å². The number of rotatable bonds is 5. The Labute approximate surface area is 171 Å². The Morgan fingerprint density at radius 2 is 1.79 bits per heavy atom. The van der Waals surface area contributed by atoms with E-state index in [9.17, 15) is 9.59 Å². The van der Waals surface area contributed by atoms with Crippen LogP contribution in [0.1, 0.15) is 10.4 Å². The minimum atomic E-state index is -0.649. The van der Waals surface area contributed by atoms with Crippen LogP contribution < -0.4 is 5.32 Å². The van der Waals surface area contributed by atoms with Crippen LogP contribution in [0.2, 0.25) is 5.02 Å². The van der Waals surface area contributed by atoms with Gasteiger partial charge in [-0.05, 0) is 42.5 Å². The molecule has 0 atom stereocenters. The number of amides is 1. The zero-order chi connectivity index (χ0) is 20.2. The number of carbonyl (C=O) groups is 2. The lowest BCUT2D eigenvalue weighted by Crippen LogP contribution is -2.21. The number of hydrogen-bond donors (Lipinski definition) is 1. The molecule has 1 amide bonds. The van der Waals surface area contributed by atoms with Crippen molar-refractivity contribution in [2.45, 2.75) is 0 Å². The highest BCUT2D eigenvalue weighted by Gasteiger charge is 2.19. The molecular weight excluding hydrogens is 392 g/mol. The molecule has 29 heavy (non-hydrogen) atoms. The number of fused-ring (bicyclic) bond motifs is 1. The molecule has 1 aromatic heterocycles. The molecule has 0 unspecified atom stereocenters. The average Bonchev–Trinajstić information content (AvgIpc) is 3.16. The number of para-hydroxylation sites is 2. The van der Waals surface area contributed by atoms with Crippen molar-refractivity contribution in [2.24, 2.45) is 0 Å². The van der Waals surface area contributed by atoms with Crippen LogP contribution in [0.3, 0.4) is 0 Å². The lowest BCUT2D eigenvalue weighted by atomic mass is 10.1. The average molecular weight is 407 g/mol. The topological polar surface area (TPSA) is 81.4 Å². The molecule has 1 N–H and O–H groups in total. The third-order valence-corrected chi connectivity index (χ3v) is 4.35. The van der Waals surface area contributed by atoms with E-state index in [1.807, 2.05) is 18.2 Å². The summed E-state index contributed by atoms with van der Waals surface area (Å²) in [6, 6.07) is 20.8. The Bertz CT molecular complexity index is 1170. The van der Waals surface area contributed by atoms with Crippen molar-refractivity contribution in [2.75, 3.05) is 11.9 Å². The van der Waals surface area contributed by atoms with Crippen LogP contribution in [-0.2, 0) is 9.53 Å². The van der Waals surface area contributed by atoms with Crippen molar-refractivity contribution in [1.29, 1.82) is 0 Å². The summed E-state index contributed by atoms with van der Waals surface area (Å²) < 4.78 is 10.9. The van der Waals surface area contributed by atoms with E-state index < -0.39 is 18.5 Å². The minimum Gasteiger partial charge on any atom is -0.452 e. The van der Waals surface area contributed by atoms with Gasteiger partial charge >= 0.3 is 5.97 Å². The molecule has 1 heterocycles. The normalized spacial score (nSPS) is 10.7. The third-order valence-electron chi connectivity index (χ3n) is 4.11. The summed E-state index contributed by atoms with van der Waals surface area (Å²) in [7, 11) is 0. The first-order valence-electron chi connectivity index (χ1n) is 8.78. The van der Waals surface area contributed by atoms with Gasteiger partial charge in [0.1, 0.15) is 5.52 Å². The number of ether oxygens (including phenoxy) is 1. The van der Waals surface area contributed by atoms with Gasteiger partial charge in [-0.15, -0.1) is 0 Å². The van der Waals surface area contributed by atoms with Gasteiger partial charge in [0.25, 0.3) is 5.91 Å². The van der Waals surface area contributed by atoms with Crippen LogP contribution in [0, 0.1) is 0 Å². The second-order valence-corrected chi connectivity index (χ2v) is 6.60. The van der Waals surface area contributed by atoms with E-state index >= 15 is 0 Å². The minimum absolute atomic E-state index is 0.259. The maximum Gasteiger partial charge on any atom is 0.339 e. The Morgan fingerprint density at radius 1 is 1.00 bits per heavy atom. The maximum absolute atomic E-state index is 12.6. The SMILES string of the molecule is O=C(COC(=O)c1ccccc1-c1nc2ccccc2o1)Nc1cccc(Cl)c1. The number of aromatic nitrogens is 1. The van der Waals surface area contributed by atoms with E-state index in [0.717, 1.165) is 0 Å². The quantitative estimate of drug-likeness (QED) is 0.474. The molecule has 0 fully saturated rings. The van der Waals surface area contributed by atoms with Crippen molar-refractivity contribution in [1.82, 2.24) is 4.98 Å². The van der Waals surface area contributed by atoms with E-state index in [4.69, 9.17) is 20.8 Å². The van der Waals surface area contributed by atoms with E-state index in [-0.39, 0.29) is 5.56 Å². The van der Waals surface area contributed by atoms with Crippen LogP contribution in [0.4, 0.5) is 5.69 Å². The summed E-state index contributed by atoms with van der Waals surface area (Å²) in [5.74, 6) is -0.814. The summed E-state index contributed by atoms with van der Waals surface area (Å²) in [4.78, 5) is 29.1. The molecule has 4 aromatic rings. The zero-order valence-corrected chi connectivity index (χ0v) is 15.8. The van der Waals surface area contributed by atoms with Crippen LogP contribution in [0.5, 0.6) is 0 Å². The number of oxazole rings is 1. The van der Waals surface area contributed by atoms with Gasteiger partial charge in [0.05, 0.1) is 11.1 Å². The summed E-state index contributed by atoms with van der Waals surface area (Å²) >= 11 is 5.89. The number of benzene rings is 3. The molecule has 0 saturated carbocycles. The van der Waals surface area contributed by atoms with Gasteiger partial charge in [-0.1, -0.05) is 41.9 Å². The summed E-state index contributed by atoms with van der Waals surface area (Å²) in [6.07, 6.45) is 0. The number of nitrogens with zero attached hydrogens (tertiary/aromatic N) is 1. The first kappa shape index (κ1) is 18.7. The number of carbonyl (C=O) groups excluding carboxylic acids is 2. The molecule has 0 radical (unpaired) electrons. The first-order chi connectivity index (χ1) is 14.1. The number of halogens is 1. The Morgan fingerprint density at radius 3 is 2.62 bits per heavy atom. The highest BCUT2D eigenvalue weighted by molar-refractivity contribution is 6.30. The fraction of sp³-hybridized carbons (Fsp3) is 0.0455. The monoisotopic (exact) mass is 406 g/mol. The van der Waals surface area contributed by atoms with Gasteiger partial charge in [0, 0.05) is 10.7 Å². The first-order valence-corrected chi connectivity index (χ1v) is 9.15. The van der Waals surface area contributed by atoms with E-state index in [0.29, 0.717) is 33.3 Å². The molecule has 0 aliphatic carbocycles. The third kappa shape index (κ3) is 4.28. The second-order valence-electron chi connectivity index (χ2n) is 6.17. The molecule has 0 saturated heterocycles. The lowest BCUT2D eigenvalue weighted by Gasteiger charge is -2.08. The lowest BCUT2D eigenvalue weighted by molar-refractivity contribution is -0.119. The molecule has 0 aliphatic rings. The van der Waals surface area contributed by atoms with Gasteiger partial charge in [-0.2, -0.15) is 0 Å². The number of nitrogens with one attached hydrogen (secondary N) is 1. The van der Waals surface area contributed by atoms with E-state index in [2.05, 4.69) is 10.3 Å². The number of hydrogen-bond acceptors (Lipinski definition) is 5. The van der Waals surface area contributed by atoms with Crippen molar-refractivity contribution in [3.8, 4) is 11.5 Å². The standard InChI is InChI=1S/C22H15ClN2O4/c23-14-6-5-7-15(12-14)24-20(26)13-28-22(27)17-9-2-1-8-16(17)21-25-18-10-3-4-11-19(18)29-21/h1-12H,13H2,(H,24,26). The van der Waals surface area contributed by atoms with Crippen molar-refractivity contribution in [3.63, 3.8) is 0 Å². The predicted octanol–water partition coefficient (Wildman–Crippen LogP) is 4.94. The molecule has 0 aliphatic heterocycles. The summed E-state index contributed by atoms with van der Waals surface area (Å²) in [6.45, 7) is -0.437. The smallest absolute Gasteiger partial charge is 0.339 e. The highest BCUT2D eigenvalue weighted by atomic mass is 35.5. The molecule has 144 valence electrons. The fourth-order valence-electron chi connectivity index (χ4n) is 2.81. The molecule has 7 heteroatoms. The number of anilines is 1. The second kappa shape index (κ2) is 8.16. The molecule has 0 bridgehead atoms. The summed E-state index contributed by atoms with van der Waals surface area (Å²) in [5.41, 5.74) is 2.57. The summed E-state index contributed by atoms with van der Waals surface area (Å²) in [5, 5.41) is 3.11. The molecule has 6 nitrogen and oxygen atoms in total. The highest BCUT2D eigenvalue weighted by Crippen LogP contribution is 2.27. The van der Waals surface area contributed by atoms with Crippen molar-refractivity contribution >= 4 is 40.3 Å². The van der Waals surface area contributed by atoms with Crippen molar-refractivity contribution < 1.29 is 18.7 Å². The predicted molar refractivity (Wildman–Crippen MR) is 110 cm³/mol. The van der Waals surface area contributed by atoms with Crippen LogP contribution in [-0.4, -0.2) is 23.5 Å². The molecule has 0 spiro atoms. The van der Waals surface area contributed by atoms with Crippen LogP contribution >= 0.6 is 11.6 Å². The van der Waals surface area contributed by atoms with E-state index in [1.54, 1.807) is 54.6 Å². The molecular formula is C22H15ClN2O4. The number of esters is 1. The largest absolute Gasteiger partial charge is 0.452 e. The maximum atomic E-state index is 12.6. The van der Waals surface area contributed by atoms with Gasteiger partial charge in [0.2, 0.25) is 5.89 Å². The zero-order valence-electron chi connectivity index (χ0n) is 15.1. The van der Waals surface area contributed by atoms with Crippen LogP contribution in [0.25, 0.3) is 22.6 Å². The molecule has 3 aromatic carbocycles. The van der Waals surface area contributed by atoms with E-state index in [1.165, 1.54) is 0 Å². The Balaban J connectivity index is 1.48. The molecule has 4 rings (SSSR count). The van der Waals surface area contributed by atoms with Crippen LogP contribution in [0.15, 0.2) is 77.2 Å². The Hall–Kier alpha value is -3.64. The van der Waals surface area contributed by atoms with Crippen molar-refractivity contribution in [3.05, 3.63) is 83.4 Å². The van der Waals surface area contributed by atoms with Gasteiger partial charge in [0.15, 0.2) is 12.2 Å². The van der Waals surface area contributed by atoms with Gasteiger partial charge in [-0.3, -0.25) is 4.79 Å². The van der Waals surface area contributed by atoms with Gasteiger partial charge in [-0.25, -0.2) is 9.78 Å². The fourth-order valence-corrected chi connectivity index (χ4v) is 3.00.